The lowest BCUT2D eigenvalue weighted by atomic mass is 10.3. The van der Waals surface area contributed by atoms with Crippen LogP contribution in [0.3, 0.4) is 0 Å². The second kappa shape index (κ2) is 5.04. The predicted octanol–water partition coefficient (Wildman–Crippen LogP) is -0.182. The van der Waals surface area contributed by atoms with Gasteiger partial charge in [-0.1, -0.05) is 0 Å². The average Bonchev–Trinajstić information content (AvgIpc) is 2.97. The Labute approximate surface area is 117 Å². The highest BCUT2D eigenvalue weighted by Crippen LogP contribution is 2.04. The summed E-state index contributed by atoms with van der Waals surface area (Å²) in [6.07, 6.45) is 2.71. The fourth-order valence-electron chi connectivity index (χ4n) is 1.72. The smallest absolute Gasteiger partial charge is 0.280 e. The maximum atomic E-state index is 12.0. The van der Waals surface area contributed by atoms with Gasteiger partial charge >= 0.3 is 0 Å². The summed E-state index contributed by atoms with van der Waals surface area (Å²) in [6, 6.07) is 3.45. The molecule has 0 atom stereocenters. The van der Waals surface area contributed by atoms with E-state index in [-0.39, 0.29) is 29.4 Å². The summed E-state index contributed by atoms with van der Waals surface area (Å²) in [7, 11) is 0. The molecule has 0 fully saturated rings. The van der Waals surface area contributed by atoms with Crippen LogP contribution in [0.5, 0.6) is 0 Å². The van der Waals surface area contributed by atoms with Crippen molar-refractivity contribution in [3.8, 4) is 0 Å². The number of hydrogen-bond donors (Lipinski definition) is 3. The van der Waals surface area contributed by atoms with E-state index in [0.29, 0.717) is 5.76 Å². The van der Waals surface area contributed by atoms with E-state index in [4.69, 9.17) is 10.2 Å². The van der Waals surface area contributed by atoms with Crippen molar-refractivity contribution in [2.45, 2.75) is 6.54 Å². The van der Waals surface area contributed by atoms with Gasteiger partial charge in [-0.3, -0.25) is 14.6 Å². The molecular weight excluding hydrogens is 276 g/mol. The van der Waals surface area contributed by atoms with Crippen molar-refractivity contribution in [1.82, 2.24) is 25.3 Å². The second-order valence-electron chi connectivity index (χ2n) is 4.14. The summed E-state index contributed by atoms with van der Waals surface area (Å²) in [5.41, 5.74) is 4.99. The van der Waals surface area contributed by atoms with Crippen LogP contribution in [0.1, 0.15) is 16.2 Å². The molecule has 0 saturated carbocycles. The molecule has 21 heavy (non-hydrogen) atoms. The van der Waals surface area contributed by atoms with Gasteiger partial charge in [-0.15, -0.1) is 0 Å². The first-order valence-corrected chi connectivity index (χ1v) is 5.96. The van der Waals surface area contributed by atoms with Crippen LogP contribution >= 0.6 is 0 Å². The van der Waals surface area contributed by atoms with Crippen LogP contribution in [0.4, 0.5) is 5.95 Å². The highest BCUT2D eigenvalue weighted by molar-refractivity contribution is 5.93. The first kappa shape index (κ1) is 12.8. The van der Waals surface area contributed by atoms with Crippen LogP contribution in [0.25, 0.3) is 11.2 Å². The van der Waals surface area contributed by atoms with Gasteiger partial charge in [0.15, 0.2) is 11.2 Å². The van der Waals surface area contributed by atoms with Crippen LogP contribution in [0, 0.1) is 0 Å². The molecule has 106 valence electrons. The lowest BCUT2D eigenvalue weighted by Gasteiger charge is -2.03. The first-order valence-electron chi connectivity index (χ1n) is 5.96. The SMILES string of the molecule is Nc1nc2nc(C(=O)NCc3ccco3)cnc2c(=O)[nH]1. The lowest BCUT2D eigenvalue weighted by molar-refractivity contribution is 0.0943. The van der Waals surface area contributed by atoms with Gasteiger partial charge in [-0.25, -0.2) is 9.97 Å². The normalized spacial score (nSPS) is 10.7. The van der Waals surface area contributed by atoms with Crippen molar-refractivity contribution in [3.05, 3.63) is 46.4 Å². The topological polar surface area (TPSA) is 140 Å². The number of aromatic amines is 1. The van der Waals surface area contributed by atoms with Crippen molar-refractivity contribution >= 4 is 23.0 Å². The molecule has 0 aliphatic heterocycles. The molecule has 0 unspecified atom stereocenters. The Morgan fingerprint density at radius 1 is 1.43 bits per heavy atom. The van der Waals surface area contributed by atoms with Crippen LogP contribution in [-0.2, 0) is 6.54 Å². The number of nitrogens with two attached hydrogens (primary N) is 1. The molecule has 0 radical (unpaired) electrons. The molecule has 0 aliphatic carbocycles. The molecule has 0 bridgehead atoms. The summed E-state index contributed by atoms with van der Waals surface area (Å²) in [5, 5.41) is 2.62. The van der Waals surface area contributed by atoms with E-state index in [1.807, 2.05) is 0 Å². The molecule has 9 nitrogen and oxygen atoms in total. The van der Waals surface area contributed by atoms with Crippen LogP contribution in [0.2, 0.25) is 0 Å². The van der Waals surface area contributed by atoms with Gasteiger partial charge in [0.05, 0.1) is 19.0 Å². The zero-order valence-corrected chi connectivity index (χ0v) is 10.7. The van der Waals surface area contributed by atoms with Gasteiger partial charge in [0.1, 0.15) is 11.5 Å². The van der Waals surface area contributed by atoms with Gasteiger partial charge < -0.3 is 15.5 Å². The lowest BCUT2D eigenvalue weighted by Crippen LogP contribution is -2.24. The molecule has 9 heteroatoms. The maximum Gasteiger partial charge on any atom is 0.280 e. The van der Waals surface area contributed by atoms with Gasteiger partial charge in [0, 0.05) is 0 Å². The molecule has 3 rings (SSSR count). The predicted molar refractivity (Wildman–Crippen MR) is 72.2 cm³/mol. The minimum absolute atomic E-state index is 0.0156. The summed E-state index contributed by atoms with van der Waals surface area (Å²) >= 11 is 0. The number of amides is 1. The molecule has 0 aliphatic rings. The highest BCUT2D eigenvalue weighted by Gasteiger charge is 2.12. The van der Waals surface area contributed by atoms with E-state index < -0.39 is 11.5 Å². The number of fused-ring (bicyclic) bond motifs is 1. The molecule has 4 N–H and O–H groups in total. The minimum Gasteiger partial charge on any atom is -0.467 e. The van der Waals surface area contributed by atoms with Gasteiger partial charge in [-0.2, -0.15) is 4.98 Å². The zero-order chi connectivity index (χ0) is 14.8. The third-order valence-electron chi connectivity index (χ3n) is 2.67. The fraction of sp³-hybridized carbons (Fsp3) is 0.0833. The van der Waals surface area contributed by atoms with Gasteiger partial charge in [0.25, 0.3) is 11.5 Å². The molecule has 3 heterocycles. The number of H-pyrrole nitrogens is 1. The Hall–Kier alpha value is -3.23. The van der Waals surface area contributed by atoms with Crippen molar-refractivity contribution < 1.29 is 9.21 Å². The standard InChI is InChI=1S/C12H10N6O3/c13-12-17-9-8(11(20)18-12)14-5-7(16-9)10(19)15-4-6-2-1-3-21-6/h1-3,5H,4H2,(H,15,19)(H3,13,16,17,18,20). The number of furan rings is 1. The summed E-state index contributed by atoms with van der Waals surface area (Å²) in [4.78, 5) is 37.5. The Balaban J connectivity index is 1.86. The molecule has 0 spiro atoms. The third kappa shape index (κ3) is 2.56. The third-order valence-corrected chi connectivity index (χ3v) is 2.67. The number of nitrogen functional groups attached to an aromatic ring is 1. The van der Waals surface area contributed by atoms with Crippen LogP contribution in [-0.4, -0.2) is 25.8 Å². The van der Waals surface area contributed by atoms with Gasteiger partial charge in [0.2, 0.25) is 5.95 Å². The Morgan fingerprint density at radius 3 is 3.05 bits per heavy atom. The highest BCUT2D eigenvalue weighted by atomic mass is 16.3. The molecule has 0 saturated heterocycles. The first-order chi connectivity index (χ1) is 10.1. The van der Waals surface area contributed by atoms with Crippen molar-refractivity contribution in [3.63, 3.8) is 0 Å². The van der Waals surface area contributed by atoms with Crippen molar-refractivity contribution in [2.75, 3.05) is 5.73 Å². The van der Waals surface area contributed by atoms with Crippen molar-refractivity contribution in [2.24, 2.45) is 0 Å². The molecule has 1 amide bonds. The van der Waals surface area contributed by atoms with E-state index in [1.54, 1.807) is 12.1 Å². The van der Waals surface area contributed by atoms with E-state index in [9.17, 15) is 9.59 Å². The van der Waals surface area contributed by atoms with E-state index in [2.05, 4.69) is 25.3 Å². The summed E-state index contributed by atoms with van der Waals surface area (Å²) in [6.45, 7) is 0.219. The second-order valence-corrected chi connectivity index (χ2v) is 4.14. The quantitative estimate of drug-likeness (QED) is 0.606. The number of nitrogens with one attached hydrogen (secondary N) is 2. The minimum atomic E-state index is -0.507. The summed E-state index contributed by atoms with van der Waals surface area (Å²) < 4.78 is 5.10. The molecule has 3 aromatic heterocycles. The molecular formula is C12H10N6O3. The van der Waals surface area contributed by atoms with Crippen molar-refractivity contribution in [1.29, 1.82) is 0 Å². The maximum absolute atomic E-state index is 12.0. The molecule has 3 aromatic rings. The largest absolute Gasteiger partial charge is 0.467 e. The zero-order valence-electron chi connectivity index (χ0n) is 10.7. The Bertz CT molecular complexity index is 855. The number of anilines is 1. The Morgan fingerprint density at radius 2 is 2.29 bits per heavy atom. The number of rotatable bonds is 3. The number of aromatic nitrogens is 4. The Kier molecular flexibility index (Phi) is 3.07. The number of carbonyl (C=O) groups is 1. The summed E-state index contributed by atoms with van der Waals surface area (Å²) in [5.74, 6) is 0.0623. The average molecular weight is 286 g/mol. The van der Waals surface area contributed by atoms with E-state index in [1.165, 1.54) is 12.5 Å². The number of carbonyl (C=O) groups excluding carboxylic acids is 1. The number of hydrogen-bond acceptors (Lipinski definition) is 7. The van der Waals surface area contributed by atoms with Crippen LogP contribution < -0.4 is 16.6 Å². The van der Waals surface area contributed by atoms with E-state index >= 15 is 0 Å². The van der Waals surface area contributed by atoms with E-state index in [0.717, 1.165) is 0 Å². The number of nitrogens with zero attached hydrogens (tertiary/aromatic N) is 3. The van der Waals surface area contributed by atoms with Crippen LogP contribution in [0.15, 0.2) is 33.8 Å². The monoisotopic (exact) mass is 286 g/mol. The fourth-order valence-corrected chi connectivity index (χ4v) is 1.72. The molecule has 0 aromatic carbocycles. The van der Waals surface area contributed by atoms with Gasteiger partial charge in [-0.05, 0) is 12.1 Å².